The minimum atomic E-state index is -1.03. The summed E-state index contributed by atoms with van der Waals surface area (Å²) in [4.78, 5) is 34.6. The number of aliphatic carboxylic acids is 1. The van der Waals surface area contributed by atoms with Crippen LogP contribution in [0.4, 0.5) is 5.82 Å². The normalized spacial score (nSPS) is 16.0. The predicted molar refractivity (Wildman–Crippen MR) is 101 cm³/mol. The first kappa shape index (κ1) is 18.8. The van der Waals surface area contributed by atoms with Gasteiger partial charge in [0.25, 0.3) is 0 Å². The lowest BCUT2D eigenvalue weighted by Crippen LogP contribution is -2.47. The first-order chi connectivity index (χ1) is 13.0. The van der Waals surface area contributed by atoms with E-state index in [9.17, 15) is 14.7 Å². The lowest BCUT2D eigenvalue weighted by Gasteiger charge is -2.32. The van der Waals surface area contributed by atoms with Crippen molar-refractivity contribution in [2.24, 2.45) is 5.92 Å². The number of amides is 1. The van der Waals surface area contributed by atoms with Crippen LogP contribution >= 0.6 is 0 Å². The van der Waals surface area contributed by atoms with Gasteiger partial charge in [0.05, 0.1) is 0 Å². The summed E-state index contributed by atoms with van der Waals surface area (Å²) in [5.74, 6) is -0.471. The molecule has 1 atom stereocenters. The second-order valence-corrected chi connectivity index (χ2v) is 6.91. The number of nitrogens with zero attached hydrogens (tertiary/aromatic N) is 3. The molecular formula is C20H24N4O3. The third-order valence-electron chi connectivity index (χ3n) is 4.89. The highest BCUT2D eigenvalue weighted by Crippen LogP contribution is 2.22. The number of carboxylic acids is 1. The fraction of sp³-hybridized carbons (Fsp3) is 0.400. The third kappa shape index (κ3) is 5.03. The van der Waals surface area contributed by atoms with Crippen LogP contribution in [0.15, 0.2) is 42.9 Å². The van der Waals surface area contributed by atoms with Gasteiger partial charge < -0.3 is 15.3 Å². The van der Waals surface area contributed by atoms with Crippen LogP contribution in [-0.4, -0.2) is 46.1 Å². The van der Waals surface area contributed by atoms with Gasteiger partial charge in [-0.1, -0.05) is 6.07 Å². The number of hydrogen-bond acceptors (Lipinski definition) is 5. The summed E-state index contributed by atoms with van der Waals surface area (Å²) in [5.41, 5.74) is 1.94. The lowest BCUT2D eigenvalue weighted by atomic mass is 9.95. The van der Waals surface area contributed by atoms with E-state index in [0.29, 0.717) is 12.8 Å². The van der Waals surface area contributed by atoms with Crippen molar-refractivity contribution < 1.29 is 14.7 Å². The number of anilines is 1. The zero-order valence-corrected chi connectivity index (χ0v) is 15.3. The first-order valence-electron chi connectivity index (χ1n) is 9.12. The minimum Gasteiger partial charge on any atom is -0.480 e. The van der Waals surface area contributed by atoms with Crippen molar-refractivity contribution in [3.8, 4) is 0 Å². The Morgan fingerprint density at radius 2 is 1.93 bits per heavy atom. The molecule has 0 aliphatic carbocycles. The van der Waals surface area contributed by atoms with Gasteiger partial charge in [0.1, 0.15) is 11.9 Å². The fourth-order valence-corrected chi connectivity index (χ4v) is 3.26. The van der Waals surface area contributed by atoms with E-state index in [1.54, 1.807) is 24.5 Å². The number of pyridine rings is 2. The van der Waals surface area contributed by atoms with Gasteiger partial charge in [0, 0.05) is 44.0 Å². The van der Waals surface area contributed by atoms with E-state index in [1.165, 1.54) is 0 Å². The Kier molecular flexibility index (Phi) is 6.01. The van der Waals surface area contributed by atoms with Crippen molar-refractivity contribution >= 4 is 17.7 Å². The van der Waals surface area contributed by atoms with Crippen LogP contribution in [0.2, 0.25) is 0 Å². The monoisotopic (exact) mass is 368 g/mol. The number of hydrogen-bond donors (Lipinski definition) is 2. The van der Waals surface area contributed by atoms with Crippen LogP contribution in [-0.2, 0) is 16.0 Å². The predicted octanol–water partition coefficient (Wildman–Crippen LogP) is 1.81. The summed E-state index contributed by atoms with van der Waals surface area (Å²) in [5, 5.41) is 12.2. The molecule has 0 saturated carbocycles. The van der Waals surface area contributed by atoms with E-state index in [4.69, 9.17) is 0 Å². The molecule has 0 spiro atoms. The molecule has 7 nitrogen and oxygen atoms in total. The quantitative estimate of drug-likeness (QED) is 0.807. The molecule has 142 valence electrons. The van der Waals surface area contributed by atoms with Gasteiger partial charge in [0.2, 0.25) is 5.91 Å². The fourth-order valence-electron chi connectivity index (χ4n) is 3.26. The van der Waals surface area contributed by atoms with Gasteiger partial charge in [-0.05, 0) is 49.1 Å². The molecule has 1 unspecified atom stereocenters. The Morgan fingerprint density at radius 1 is 1.22 bits per heavy atom. The highest BCUT2D eigenvalue weighted by atomic mass is 16.4. The number of aryl methyl sites for hydroxylation is 1. The number of aromatic nitrogens is 2. The molecule has 3 rings (SSSR count). The van der Waals surface area contributed by atoms with Gasteiger partial charge in [-0.15, -0.1) is 0 Å². The Balaban J connectivity index is 1.54. The van der Waals surface area contributed by atoms with Crippen molar-refractivity contribution in [1.29, 1.82) is 0 Å². The number of carbonyl (C=O) groups excluding carboxylic acids is 1. The zero-order valence-electron chi connectivity index (χ0n) is 15.3. The van der Waals surface area contributed by atoms with Crippen molar-refractivity contribution in [2.45, 2.75) is 32.2 Å². The average molecular weight is 368 g/mol. The van der Waals surface area contributed by atoms with Gasteiger partial charge in [-0.3, -0.25) is 9.78 Å². The van der Waals surface area contributed by atoms with Crippen molar-refractivity contribution in [1.82, 2.24) is 15.3 Å². The number of nitrogens with one attached hydrogen (secondary N) is 1. The van der Waals surface area contributed by atoms with Crippen molar-refractivity contribution in [3.63, 3.8) is 0 Å². The van der Waals surface area contributed by atoms with E-state index in [0.717, 1.165) is 30.0 Å². The molecule has 1 aliphatic rings. The summed E-state index contributed by atoms with van der Waals surface area (Å²) in [6.45, 7) is 3.46. The maximum atomic E-state index is 12.6. The van der Waals surface area contributed by atoms with Crippen molar-refractivity contribution in [2.75, 3.05) is 18.0 Å². The molecule has 1 amide bonds. The first-order valence-corrected chi connectivity index (χ1v) is 9.12. The average Bonchev–Trinajstić information content (AvgIpc) is 2.69. The third-order valence-corrected chi connectivity index (χ3v) is 4.89. The van der Waals surface area contributed by atoms with E-state index in [1.807, 2.05) is 25.3 Å². The van der Waals surface area contributed by atoms with Gasteiger partial charge >= 0.3 is 5.97 Å². The highest BCUT2D eigenvalue weighted by molar-refractivity contribution is 5.85. The molecule has 1 aliphatic heterocycles. The topological polar surface area (TPSA) is 95.4 Å². The smallest absolute Gasteiger partial charge is 0.326 e. The van der Waals surface area contributed by atoms with Crippen LogP contribution < -0.4 is 10.2 Å². The molecule has 1 fully saturated rings. The Hall–Kier alpha value is -2.96. The molecule has 27 heavy (non-hydrogen) atoms. The van der Waals surface area contributed by atoms with Crippen LogP contribution in [0.5, 0.6) is 0 Å². The molecule has 1 saturated heterocycles. The van der Waals surface area contributed by atoms with Gasteiger partial charge in [-0.2, -0.15) is 0 Å². The highest BCUT2D eigenvalue weighted by Gasteiger charge is 2.29. The van der Waals surface area contributed by atoms with Crippen LogP contribution in [0.3, 0.4) is 0 Å². The standard InChI is InChI=1S/C20H24N4O3/c1-14-2-3-18(22-13-14)24-10-6-16(7-11-24)19(25)23-17(20(26)27)12-15-4-8-21-9-5-15/h2-5,8-9,13,16-17H,6-7,10-12H2,1H3,(H,23,25)(H,26,27). The summed E-state index contributed by atoms with van der Waals surface area (Å²) < 4.78 is 0. The molecular weight excluding hydrogens is 344 g/mol. The number of carboxylic acid groups (broad SMARTS) is 1. The molecule has 2 N–H and O–H groups in total. The number of rotatable bonds is 6. The number of piperidine rings is 1. The molecule has 0 radical (unpaired) electrons. The zero-order chi connectivity index (χ0) is 19.2. The van der Waals surface area contributed by atoms with E-state index < -0.39 is 12.0 Å². The minimum absolute atomic E-state index is 0.175. The Bertz CT molecular complexity index is 772. The van der Waals surface area contributed by atoms with Crippen LogP contribution in [0.1, 0.15) is 24.0 Å². The summed E-state index contributed by atoms with van der Waals surface area (Å²) in [6.07, 6.45) is 6.68. The second-order valence-electron chi connectivity index (χ2n) is 6.91. The lowest BCUT2D eigenvalue weighted by molar-refractivity contribution is -0.142. The van der Waals surface area contributed by atoms with E-state index in [2.05, 4.69) is 20.2 Å². The second kappa shape index (κ2) is 8.62. The Labute approximate surface area is 158 Å². The molecule has 2 aromatic rings. The maximum Gasteiger partial charge on any atom is 0.326 e. The largest absolute Gasteiger partial charge is 0.480 e. The van der Waals surface area contributed by atoms with Gasteiger partial charge in [-0.25, -0.2) is 9.78 Å². The molecule has 0 bridgehead atoms. The SMILES string of the molecule is Cc1ccc(N2CCC(C(=O)NC(Cc3ccncc3)C(=O)O)CC2)nc1. The molecule has 3 heterocycles. The maximum absolute atomic E-state index is 12.6. The Morgan fingerprint density at radius 3 is 2.52 bits per heavy atom. The summed E-state index contributed by atoms with van der Waals surface area (Å²) >= 11 is 0. The molecule has 2 aromatic heterocycles. The number of carbonyl (C=O) groups is 2. The van der Waals surface area contributed by atoms with E-state index >= 15 is 0 Å². The van der Waals surface area contributed by atoms with Gasteiger partial charge in [0.15, 0.2) is 0 Å². The van der Waals surface area contributed by atoms with Crippen LogP contribution in [0.25, 0.3) is 0 Å². The molecule has 0 aromatic carbocycles. The van der Waals surface area contributed by atoms with E-state index in [-0.39, 0.29) is 18.2 Å². The van der Waals surface area contributed by atoms with Crippen LogP contribution in [0, 0.1) is 12.8 Å². The van der Waals surface area contributed by atoms with Crippen molar-refractivity contribution in [3.05, 3.63) is 54.0 Å². The molecule has 7 heteroatoms. The summed E-state index contributed by atoms with van der Waals surface area (Å²) in [7, 11) is 0. The summed E-state index contributed by atoms with van der Waals surface area (Å²) in [6, 6.07) is 6.60.